The van der Waals surface area contributed by atoms with Gasteiger partial charge >= 0.3 is 0 Å². The molecule has 1 aromatic rings. The van der Waals surface area contributed by atoms with Crippen molar-refractivity contribution in [3.05, 3.63) is 35.4 Å². The maximum atomic E-state index is 12.8. The minimum absolute atomic E-state index is 0.00562. The number of nitrogens with zero attached hydrogens (tertiary/aromatic N) is 1. The molecule has 1 aromatic carbocycles. The number of rotatable bonds is 6. The summed E-state index contributed by atoms with van der Waals surface area (Å²) < 4.78 is 0. The summed E-state index contributed by atoms with van der Waals surface area (Å²) in [5.74, 6) is 0.148. The molecule has 0 radical (unpaired) electrons. The number of carbonyl (C=O) groups excluding carboxylic acids is 2. The molecule has 1 aliphatic carbocycles. The van der Waals surface area contributed by atoms with Gasteiger partial charge in [0.1, 0.15) is 0 Å². The van der Waals surface area contributed by atoms with Crippen LogP contribution in [0.15, 0.2) is 24.3 Å². The van der Waals surface area contributed by atoms with E-state index in [1.54, 1.807) is 0 Å². The Morgan fingerprint density at radius 2 is 1.88 bits per heavy atom. The lowest BCUT2D eigenvalue weighted by Crippen LogP contribution is -2.45. The fraction of sp³-hybridized carbons (Fsp3) is 0.619. The third-order valence-electron chi connectivity index (χ3n) is 4.85. The number of nitrogens with one attached hydrogen (secondary N) is 1. The van der Waals surface area contributed by atoms with Gasteiger partial charge in [0.2, 0.25) is 11.8 Å². The average Bonchev–Trinajstić information content (AvgIpc) is 2.58. The summed E-state index contributed by atoms with van der Waals surface area (Å²) in [5.41, 5.74) is 2.37. The van der Waals surface area contributed by atoms with Crippen molar-refractivity contribution in [2.45, 2.75) is 65.8 Å². The first-order valence-corrected chi connectivity index (χ1v) is 9.47. The van der Waals surface area contributed by atoms with E-state index in [4.69, 9.17) is 0 Å². The second-order valence-electron chi connectivity index (χ2n) is 8.01. The van der Waals surface area contributed by atoms with Crippen LogP contribution in [0.5, 0.6) is 0 Å². The fourth-order valence-electron chi connectivity index (χ4n) is 3.39. The van der Waals surface area contributed by atoms with Crippen molar-refractivity contribution in [3.63, 3.8) is 0 Å². The summed E-state index contributed by atoms with van der Waals surface area (Å²) in [6, 6.07) is 8.82. The molecule has 4 heteroatoms. The molecular weight excluding hydrogens is 312 g/mol. The summed E-state index contributed by atoms with van der Waals surface area (Å²) in [5, 5.41) is 2.88. The lowest BCUT2D eigenvalue weighted by atomic mass is 9.87. The van der Waals surface area contributed by atoms with Crippen molar-refractivity contribution in [1.29, 1.82) is 0 Å². The van der Waals surface area contributed by atoms with Crippen molar-refractivity contribution in [2.75, 3.05) is 13.1 Å². The molecule has 0 fully saturated rings. The molecule has 1 N–H and O–H groups in total. The molecule has 0 bridgehead atoms. The van der Waals surface area contributed by atoms with E-state index in [1.165, 1.54) is 11.1 Å². The van der Waals surface area contributed by atoms with Crippen LogP contribution >= 0.6 is 0 Å². The van der Waals surface area contributed by atoms with Gasteiger partial charge in [-0.25, -0.2) is 0 Å². The highest BCUT2D eigenvalue weighted by Gasteiger charge is 2.27. The fourth-order valence-corrected chi connectivity index (χ4v) is 3.39. The van der Waals surface area contributed by atoms with Crippen LogP contribution in [0.4, 0.5) is 0 Å². The number of hydrogen-bond donors (Lipinski definition) is 1. The molecule has 1 unspecified atom stereocenters. The SMILES string of the molecule is CCCN(C(=O)CCNC(=O)C(C)(C)C)C1CCc2ccccc2C1. The topological polar surface area (TPSA) is 49.4 Å². The van der Waals surface area contributed by atoms with E-state index in [0.29, 0.717) is 13.0 Å². The number of amides is 2. The molecule has 0 spiro atoms. The van der Waals surface area contributed by atoms with Gasteiger partial charge in [0.15, 0.2) is 0 Å². The van der Waals surface area contributed by atoms with E-state index < -0.39 is 5.41 Å². The van der Waals surface area contributed by atoms with Crippen molar-refractivity contribution in [2.24, 2.45) is 5.41 Å². The van der Waals surface area contributed by atoms with Crippen LogP contribution in [0.1, 0.15) is 58.1 Å². The number of benzene rings is 1. The van der Waals surface area contributed by atoms with Crippen molar-refractivity contribution < 1.29 is 9.59 Å². The lowest BCUT2D eigenvalue weighted by Gasteiger charge is -2.35. The first kappa shape index (κ1) is 19.5. The minimum atomic E-state index is -0.417. The van der Waals surface area contributed by atoms with Gasteiger partial charge in [-0.2, -0.15) is 0 Å². The molecule has 0 saturated carbocycles. The molecule has 4 nitrogen and oxygen atoms in total. The highest BCUT2D eigenvalue weighted by Crippen LogP contribution is 2.25. The normalized spacial score (nSPS) is 16.9. The summed E-state index contributed by atoms with van der Waals surface area (Å²) in [6.07, 6.45) is 4.33. The van der Waals surface area contributed by atoms with E-state index in [2.05, 4.69) is 36.5 Å². The zero-order chi connectivity index (χ0) is 18.4. The molecule has 2 rings (SSSR count). The average molecular weight is 344 g/mol. The summed E-state index contributed by atoms with van der Waals surface area (Å²) in [7, 11) is 0. The van der Waals surface area contributed by atoms with Crippen LogP contribution in [0.3, 0.4) is 0 Å². The second-order valence-corrected chi connectivity index (χ2v) is 8.01. The minimum Gasteiger partial charge on any atom is -0.355 e. The zero-order valence-corrected chi connectivity index (χ0v) is 16.1. The molecule has 0 heterocycles. The number of hydrogen-bond acceptors (Lipinski definition) is 2. The smallest absolute Gasteiger partial charge is 0.225 e. The predicted octanol–water partition coefficient (Wildman–Crippen LogP) is 3.33. The first-order valence-electron chi connectivity index (χ1n) is 9.47. The monoisotopic (exact) mass is 344 g/mol. The first-order chi connectivity index (χ1) is 11.8. The Morgan fingerprint density at radius 1 is 1.20 bits per heavy atom. The van der Waals surface area contributed by atoms with Crippen LogP contribution in [0.2, 0.25) is 0 Å². The largest absolute Gasteiger partial charge is 0.355 e. The molecule has 2 amide bonds. The summed E-state index contributed by atoms with van der Waals surface area (Å²) in [4.78, 5) is 26.7. The Hall–Kier alpha value is -1.84. The van der Waals surface area contributed by atoms with Crippen LogP contribution in [-0.4, -0.2) is 35.8 Å². The van der Waals surface area contributed by atoms with Gasteiger partial charge in [-0.3, -0.25) is 9.59 Å². The van der Waals surface area contributed by atoms with E-state index in [9.17, 15) is 9.59 Å². The summed E-state index contributed by atoms with van der Waals surface area (Å²) in [6.45, 7) is 8.96. The third kappa shape index (κ3) is 5.32. The maximum Gasteiger partial charge on any atom is 0.225 e. The molecule has 1 aliphatic rings. The Labute approximate surface area is 152 Å². The molecule has 25 heavy (non-hydrogen) atoms. The highest BCUT2D eigenvalue weighted by atomic mass is 16.2. The third-order valence-corrected chi connectivity index (χ3v) is 4.85. The van der Waals surface area contributed by atoms with Gasteiger partial charge in [0.25, 0.3) is 0 Å². The van der Waals surface area contributed by atoms with Crippen molar-refractivity contribution >= 4 is 11.8 Å². The Kier molecular flexibility index (Phi) is 6.63. The Bertz CT molecular complexity index is 604. The number of aryl methyl sites for hydroxylation is 1. The van der Waals surface area contributed by atoms with Gasteiger partial charge in [0.05, 0.1) is 0 Å². The molecule has 138 valence electrons. The molecule has 0 saturated heterocycles. The van der Waals surface area contributed by atoms with E-state index in [-0.39, 0.29) is 17.9 Å². The predicted molar refractivity (Wildman–Crippen MR) is 101 cm³/mol. The molecular formula is C21H32N2O2. The molecule has 1 atom stereocenters. The Balaban J connectivity index is 1.94. The van der Waals surface area contributed by atoms with Crippen molar-refractivity contribution in [3.8, 4) is 0 Å². The number of carbonyl (C=O) groups is 2. The van der Waals surface area contributed by atoms with E-state index in [0.717, 1.165) is 32.2 Å². The van der Waals surface area contributed by atoms with Crippen LogP contribution in [0.25, 0.3) is 0 Å². The summed E-state index contributed by atoms with van der Waals surface area (Å²) >= 11 is 0. The Morgan fingerprint density at radius 3 is 2.52 bits per heavy atom. The van der Waals surface area contributed by atoms with E-state index >= 15 is 0 Å². The number of fused-ring (bicyclic) bond motifs is 1. The lowest BCUT2D eigenvalue weighted by molar-refractivity contribution is -0.134. The van der Waals surface area contributed by atoms with Gasteiger partial charge < -0.3 is 10.2 Å². The standard InChI is InChI=1S/C21H32N2O2/c1-5-14-23(19(24)12-13-22-20(25)21(2,3)4)18-11-10-16-8-6-7-9-17(16)15-18/h6-9,18H,5,10-15H2,1-4H3,(H,22,25). The van der Waals surface area contributed by atoms with Crippen LogP contribution in [-0.2, 0) is 22.4 Å². The van der Waals surface area contributed by atoms with Crippen LogP contribution in [0, 0.1) is 5.41 Å². The maximum absolute atomic E-state index is 12.8. The van der Waals surface area contributed by atoms with Gasteiger partial charge in [-0.15, -0.1) is 0 Å². The van der Waals surface area contributed by atoms with E-state index in [1.807, 2.05) is 25.7 Å². The highest BCUT2D eigenvalue weighted by molar-refractivity contribution is 5.82. The van der Waals surface area contributed by atoms with Crippen LogP contribution < -0.4 is 5.32 Å². The second kappa shape index (κ2) is 8.50. The molecule has 0 aliphatic heterocycles. The quantitative estimate of drug-likeness (QED) is 0.860. The van der Waals surface area contributed by atoms with Gasteiger partial charge in [0, 0.05) is 31.0 Å². The molecule has 0 aromatic heterocycles. The zero-order valence-electron chi connectivity index (χ0n) is 16.1. The van der Waals surface area contributed by atoms with Gasteiger partial charge in [-0.05, 0) is 36.8 Å². The van der Waals surface area contributed by atoms with Gasteiger partial charge in [-0.1, -0.05) is 52.0 Å². The van der Waals surface area contributed by atoms with Crippen molar-refractivity contribution in [1.82, 2.24) is 10.2 Å².